The summed E-state index contributed by atoms with van der Waals surface area (Å²) in [6, 6.07) is 10.6. The molecule has 108 valence electrons. The third kappa shape index (κ3) is 3.28. The second kappa shape index (κ2) is 6.21. The lowest BCUT2D eigenvalue weighted by Gasteiger charge is -2.08. The Hall–Kier alpha value is -2.64. The van der Waals surface area contributed by atoms with Gasteiger partial charge in [-0.25, -0.2) is 0 Å². The molecule has 4 N–H and O–H groups in total. The van der Waals surface area contributed by atoms with E-state index < -0.39 is 10.8 Å². The summed E-state index contributed by atoms with van der Waals surface area (Å²) in [4.78, 5) is 22.4. The number of para-hydroxylation sites is 1. The van der Waals surface area contributed by atoms with Gasteiger partial charge in [0.15, 0.2) is 0 Å². The molecule has 0 saturated heterocycles. The maximum atomic E-state index is 12.1. The summed E-state index contributed by atoms with van der Waals surface area (Å²) < 4.78 is 0. The number of carbonyl (C=O) groups excluding carboxylic acids is 1. The Morgan fingerprint density at radius 2 is 1.90 bits per heavy atom. The van der Waals surface area contributed by atoms with Gasteiger partial charge in [0, 0.05) is 11.6 Å². The number of halogens is 1. The van der Waals surface area contributed by atoms with Crippen LogP contribution < -0.4 is 16.6 Å². The molecule has 1 amide bonds. The third-order valence-electron chi connectivity index (χ3n) is 2.73. The Bertz CT molecular complexity index is 706. The van der Waals surface area contributed by atoms with Gasteiger partial charge in [0.25, 0.3) is 11.6 Å². The number of nitrogen functional groups attached to an aromatic ring is 1. The zero-order valence-electron chi connectivity index (χ0n) is 10.7. The molecular formula is C13H11ClN4O3. The summed E-state index contributed by atoms with van der Waals surface area (Å²) in [5, 5.41) is 13.9. The molecule has 0 fully saturated rings. The zero-order chi connectivity index (χ0) is 15.4. The molecule has 0 radical (unpaired) electrons. The van der Waals surface area contributed by atoms with E-state index in [1.165, 1.54) is 12.1 Å². The molecule has 0 bridgehead atoms. The fourth-order valence-corrected chi connectivity index (χ4v) is 1.89. The lowest BCUT2D eigenvalue weighted by atomic mass is 10.1. The van der Waals surface area contributed by atoms with Gasteiger partial charge in [0.05, 0.1) is 15.6 Å². The van der Waals surface area contributed by atoms with Crippen molar-refractivity contribution in [2.45, 2.75) is 0 Å². The number of hydrogen-bond acceptors (Lipinski definition) is 5. The summed E-state index contributed by atoms with van der Waals surface area (Å²) in [7, 11) is 0. The minimum absolute atomic E-state index is 0.120. The van der Waals surface area contributed by atoms with Crippen molar-refractivity contribution in [3.8, 4) is 0 Å². The van der Waals surface area contributed by atoms with Crippen LogP contribution in [-0.4, -0.2) is 10.8 Å². The van der Waals surface area contributed by atoms with Crippen LogP contribution in [0.25, 0.3) is 0 Å². The van der Waals surface area contributed by atoms with Crippen LogP contribution in [0.4, 0.5) is 17.1 Å². The van der Waals surface area contributed by atoms with Gasteiger partial charge < -0.3 is 10.7 Å². The highest BCUT2D eigenvalue weighted by Crippen LogP contribution is 2.26. The summed E-state index contributed by atoms with van der Waals surface area (Å²) in [5.74, 6) is 4.68. The van der Waals surface area contributed by atoms with Crippen molar-refractivity contribution in [3.05, 3.63) is 63.2 Å². The Balaban J connectivity index is 2.30. The minimum Gasteiger partial charge on any atom is -0.321 e. The van der Waals surface area contributed by atoms with Crippen LogP contribution in [-0.2, 0) is 0 Å². The van der Waals surface area contributed by atoms with Crippen molar-refractivity contribution in [2.75, 3.05) is 10.7 Å². The molecule has 8 heteroatoms. The first-order chi connectivity index (χ1) is 10.0. The first-order valence-corrected chi connectivity index (χ1v) is 6.21. The van der Waals surface area contributed by atoms with Crippen LogP contribution in [0.5, 0.6) is 0 Å². The van der Waals surface area contributed by atoms with E-state index in [0.717, 1.165) is 6.07 Å². The molecule has 0 saturated carbocycles. The molecule has 0 atom stereocenters. The van der Waals surface area contributed by atoms with Gasteiger partial charge in [-0.3, -0.25) is 20.8 Å². The Morgan fingerprint density at radius 3 is 2.52 bits per heavy atom. The summed E-state index contributed by atoms with van der Waals surface area (Å²) in [5.41, 5.74) is 2.59. The van der Waals surface area contributed by atoms with Crippen LogP contribution in [0.15, 0.2) is 42.5 Å². The van der Waals surface area contributed by atoms with Gasteiger partial charge in [-0.1, -0.05) is 23.7 Å². The molecule has 0 aromatic heterocycles. The topological polar surface area (TPSA) is 110 Å². The van der Waals surface area contributed by atoms with Gasteiger partial charge in [-0.2, -0.15) is 0 Å². The third-order valence-corrected chi connectivity index (χ3v) is 3.06. The number of nitro benzene ring substituents is 1. The molecule has 0 spiro atoms. The summed E-state index contributed by atoms with van der Waals surface area (Å²) in [6.07, 6.45) is 0. The maximum absolute atomic E-state index is 12.1. The number of anilines is 2. The van der Waals surface area contributed by atoms with Crippen LogP contribution in [0.3, 0.4) is 0 Å². The highest BCUT2D eigenvalue weighted by molar-refractivity contribution is 6.33. The van der Waals surface area contributed by atoms with E-state index in [4.69, 9.17) is 17.4 Å². The molecule has 0 heterocycles. The molecule has 7 nitrogen and oxygen atoms in total. The van der Waals surface area contributed by atoms with Gasteiger partial charge in [0.1, 0.15) is 5.69 Å². The molecular weight excluding hydrogens is 296 g/mol. The van der Waals surface area contributed by atoms with Crippen LogP contribution in [0, 0.1) is 10.1 Å². The first kappa shape index (κ1) is 14.8. The Morgan fingerprint density at radius 1 is 1.19 bits per heavy atom. The minimum atomic E-state index is -0.624. The Labute approximate surface area is 124 Å². The number of nitrogens with two attached hydrogens (primary N) is 1. The van der Waals surface area contributed by atoms with E-state index in [9.17, 15) is 14.9 Å². The second-order valence-electron chi connectivity index (χ2n) is 4.07. The van der Waals surface area contributed by atoms with Crippen LogP contribution in [0.2, 0.25) is 5.02 Å². The monoisotopic (exact) mass is 306 g/mol. The Kier molecular flexibility index (Phi) is 4.36. The lowest BCUT2D eigenvalue weighted by molar-refractivity contribution is -0.384. The van der Waals surface area contributed by atoms with Gasteiger partial charge in [-0.05, 0) is 24.3 Å². The number of nitrogens with one attached hydrogen (secondary N) is 2. The van der Waals surface area contributed by atoms with E-state index in [1.54, 1.807) is 24.3 Å². The van der Waals surface area contributed by atoms with Crippen molar-refractivity contribution in [1.82, 2.24) is 0 Å². The van der Waals surface area contributed by atoms with Gasteiger partial charge >= 0.3 is 0 Å². The lowest BCUT2D eigenvalue weighted by Crippen LogP contribution is -2.14. The number of hydrogen-bond donors (Lipinski definition) is 3. The van der Waals surface area contributed by atoms with E-state index >= 15 is 0 Å². The highest BCUT2D eigenvalue weighted by Gasteiger charge is 2.17. The van der Waals surface area contributed by atoms with Crippen molar-refractivity contribution in [1.29, 1.82) is 0 Å². The van der Waals surface area contributed by atoms with Crippen molar-refractivity contribution in [2.24, 2.45) is 5.84 Å². The van der Waals surface area contributed by atoms with Crippen molar-refractivity contribution >= 4 is 34.6 Å². The van der Waals surface area contributed by atoms with E-state index in [1.807, 2.05) is 0 Å². The molecule has 0 aliphatic heterocycles. The second-order valence-corrected chi connectivity index (χ2v) is 4.47. The number of carbonyl (C=O) groups is 1. The molecule has 2 rings (SSSR count). The maximum Gasteiger partial charge on any atom is 0.294 e. The van der Waals surface area contributed by atoms with Crippen molar-refractivity contribution in [3.63, 3.8) is 0 Å². The van der Waals surface area contributed by atoms with Crippen LogP contribution in [0.1, 0.15) is 10.4 Å². The fourth-order valence-electron chi connectivity index (χ4n) is 1.70. The average Bonchev–Trinajstić information content (AvgIpc) is 2.48. The molecule has 2 aromatic rings. The zero-order valence-corrected chi connectivity index (χ0v) is 11.4. The molecule has 0 unspecified atom stereocenters. The summed E-state index contributed by atoms with van der Waals surface area (Å²) >= 11 is 5.94. The number of nitro groups is 1. The number of benzene rings is 2. The largest absolute Gasteiger partial charge is 0.321 e. The number of nitrogens with zero attached hydrogens (tertiary/aromatic N) is 1. The number of amides is 1. The molecule has 0 aliphatic rings. The smallest absolute Gasteiger partial charge is 0.294 e. The average molecular weight is 307 g/mol. The number of rotatable bonds is 4. The molecule has 21 heavy (non-hydrogen) atoms. The van der Waals surface area contributed by atoms with E-state index in [-0.39, 0.29) is 16.9 Å². The first-order valence-electron chi connectivity index (χ1n) is 5.84. The van der Waals surface area contributed by atoms with Crippen LogP contribution >= 0.6 is 11.6 Å². The molecule has 2 aromatic carbocycles. The molecule has 0 aliphatic carbocycles. The normalized spacial score (nSPS) is 10.0. The SMILES string of the molecule is NNc1ccc(C(=O)Nc2ccccc2Cl)cc1[N+](=O)[O-]. The van der Waals surface area contributed by atoms with Gasteiger partial charge in [0.2, 0.25) is 0 Å². The van der Waals surface area contributed by atoms with E-state index in [2.05, 4.69) is 10.7 Å². The number of hydrazine groups is 1. The summed E-state index contributed by atoms with van der Waals surface area (Å²) in [6.45, 7) is 0. The standard InChI is InChI=1S/C13H11ClN4O3/c14-9-3-1-2-4-10(9)16-13(19)8-5-6-11(17-15)12(7-8)18(20)21/h1-7,17H,15H2,(H,16,19). The van der Waals surface area contributed by atoms with E-state index in [0.29, 0.717) is 10.7 Å². The predicted octanol–water partition coefficient (Wildman–Crippen LogP) is 2.79. The fraction of sp³-hybridized carbons (Fsp3) is 0. The highest BCUT2D eigenvalue weighted by atomic mass is 35.5. The van der Waals surface area contributed by atoms with Gasteiger partial charge in [-0.15, -0.1) is 0 Å². The predicted molar refractivity (Wildman–Crippen MR) is 80.3 cm³/mol. The van der Waals surface area contributed by atoms with Crippen molar-refractivity contribution < 1.29 is 9.72 Å². The quantitative estimate of drug-likeness (QED) is 0.457.